The zero-order chi connectivity index (χ0) is 13.3. The molecule has 100 valence electrons. The Morgan fingerprint density at radius 3 is 2.89 bits per heavy atom. The van der Waals surface area contributed by atoms with Gasteiger partial charge in [-0.3, -0.25) is 4.79 Å². The lowest BCUT2D eigenvalue weighted by Crippen LogP contribution is -2.52. The van der Waals surface area contributed by atoms with Crippen molar-refractivity contribution in [3.05, 3.63) is 18.2 Å². The van der Waals surface area contributed by atoms with E-state index in [0.717, 1.165) is 18.7 Å². The predicted octanol–water partition coefficient (Wildman–Crippen LogP) is 1.30. The number of rotatable bonds is 3. The summed E-state index contributed by atoms with van der Waals surface area (Å²) in [7, 11) is 0. The fraction of sp³-hybridized carbons (Fsp3) is 0.692. The van der Waals surface area contributed by atoms with Crippen molar-refractivity contribution in [2.24, 2.45) is 5.73 Å². The van der Waals surface area contributed by atoms with Crippen LogP contribution in [-0.2, 0) is 11.3 Å². The lowest BCUT2D eigenvalue weighted by molar-refractivity contribution is -0.139. The second-order valence-electron chi connectivity index (χ2n) is 5.15. The van der Waals surface area contributed by atoms with Gasteiger partial charge in [-0.15, -0.1) is 0 Å². The Bertz CT molecular complexity index is 426. The van der Waals surface area contributed by atoms with Crippen LogP contribution < -0.4 is 5.73 Å². The van der Waals surface area contributed by atoms with Crippen LogP contribution >= 0.6 is 0 Å². The van der Waals surface area contributed by atoms with Crippen molar-refractivity contribution in [3.8, 4) is 0 Å². The van der Waals surface area contributed by atoms with Gasteiger partial charge >= 0.3 is 0 Å². The molecule has 1 aliphatic heterocycles. The summed E-state index contributed by atoms with van der Waals surface area (Å²) in [4.78, 5) is 18.2. The molecule has 1 aliphatic rings. The monoisotopic (exact) mass is 250 g/mol. The first-order valence-electron chi connectivity index (χ1n) is 6.63. The summed E-state index contributed by atoms with van der Waals surface area (Å²) in [5, 5.41) is 0. The first-order chi connectivity index (χ1) is 8.56. The highest BCUT2D eigenvalue weighted by atomic mass is 16.2. The van der Waals surface area contributed by atoms with E-state index in [1.807, 2.05) is 24.9 Å². The number of aromatic nitrogens is 2. The van der Waals surface area contributed by atoms with Crippen molar-refractivity contribution in [2.75, 3.05) is 0 Å². The number of hydrogen-bond donors (Lipinski definition) is 1. The Labute approximate surface area is 108 Å². The molecule has 2 atom stereocenters. The summed E-state index contributed by atoms with van der Waals surface area (Å²) >= 11 is 0. The van der Waals surface area contributed by atoms with Gasteiger partial charge < -0.3 is 15.2 Å². The molecule has 1 saturated heterocycles. The number of carbonyl (C=O) groups is 1. The highest BCUT2D eigenvalue weighted by molar-refractivity contribution is 5.78. The molecule has 1 fully saturated rings. The molecule has 5 nitrogen and oxygen atoms in total. The molecular weight excluding hydrogens is 228 g/mol. The number of nitrogens with zero attached hydrogens (tertiary/aromatic N) is 3. The number of carbonyl (C=O) groups excluding carboxylic acids is 1. The topological polar surface area (TPSA) is 64.2 Å². The van der Waals surface area contributed by atoms with Gasteiger partial charge in [0, 0.05) is 25.0 Å². The Morgan fingerprint density at radius 2 is 2.28 bits per heavy atom. The Morgan fingerprint density at radius 1 is 1.56 bits per heavy atom. The third-order valence-electron chi connectivity index (χ3n) is 3.63. The van der Waals surface area contributed by atoms with Crippen LogP contribution in [0.4, 0.5) is 0 Å². The van der Waals surface area contributed by atoms with E-state index in [0.29, 0.717) is 6.42 Å². The van der Waals surface area contributed by atoms with Crippen LogP contribution in [0, 0.1) is 0 Å². The lowest BCUT2D eigenvalue weighted by atomic mass is 9.92. The molecule has 2 rings (SSSR count). The first kappa shape index (κ1) is 13.1. The maximum atomic E-state index is 12.1. The predicted molar refractivity (Wildman–Crippen MR) is 69.8 cm³/mol. The van der Waals surface area contributed by atoms with Gasteiger partial charge in [-0.1, -0.05) is 0 Å². The van der Waals surface area contributed by atoms with Crippen LogP contribution in [0.1, 0.15) is 45.3 Å². The molecule has 18 heavy (non-hydrogen) atoms. The third-order valence-corrected chi connectivity index (χ3v) is 3.63. The van der Waals surface area contributed by atoms with Crippen LogP contribution in [0.15, 0.2) is 12.5 Å². The molecule has 2 N–H and O–H groups in total. The summed E-state index contributed by atoms with van der Waals surface area (Å²) in [6, 6.07) is 0.106. The van der Waals surface area contributed by atoms with Crippen LogP contribution in [0.2, 0.25) is 0 Å². The average Bonchev–Trinajstić information content (AvgIpc) is 2.79. The number of amides is 1. The zero-order valence-corrected chi connectivity index (χ0v) is 11.3. The molecule has 0 spiro atoms. The van der Waals surface area contributed by atoms with E-state index in [1.54, 1.807) is 6.33 Å². The van der Waals surface area contributed by atoms with Crippen molar-refractivity contribution in [2.45, 2.75) is 58.3 Å². The minimum atomic E-state index is -0.0475. The second-order valence-corrected chi connectivity index (χ2v) is 5.15. The maximum Gasteiger partial charge on any atom is 0.223 e. The quantitative estimate of drug-likeness (QED) is 0.879. The Balaban J connectivity index is 2.39. The average molecular weight is 250 g/mol. The summed E-state index contributed by atoms with van der Waals surface area (Å²) in [5.41, 5.74) is 7.30. The van der Waals surface area contributed by atoms with Gasteiger partial charge in [0.05, 0.1) is 24.3 Å². The number of nitrogens with two attached hydrogens (primary N) is 1. The zero-order valence-electron chi connectivity index (χ0n) is 11.3. The second kappa shape index (κ2) is 5.10. The van der Waals surface area contributed by atoms with Crippen LogP contribution in [0.5, 0.6) is 0 Å². The largest absolute Gasteiger partial charge is 0.333 e. The number of hydrogen-bond acceptors (Lipinski definition) is 3. The van der Waals surface area contributed by atoms with E-state index in [2.05, 4.69) is 16.5 Å². The normalized spacial score (nSPS) is 24.9. The van der Waals surface area contributed by atoms with Crippen molar-refractivity contribution >= 4 is 5.91 Å². The molecule has 5 heteroatoms. The fourth-order valence-corrected chi connectivity index (χ4v) is 2.75. The Kier molecular flexibility index (Phi) is 3.71. The van der Waals surface area contributed by atoms with Crippen molar-refractivity contribution < 1.29 is 4.79 Å². The van der Waals surface area contributed by atoms with Gasteiger partial charge in [0.25, 0.3) is 0 Å². The summed E-state index contributed by atoms with van der Waals surface area (Å²) in [5.74, 6) is 0.195. The molecule has 1 amide bonds. The maximum absolute atomic E-state index is 12.1. The number of piperidine rings is 1. The van der Waals surface area contributed by atoms with E-state index in [9.17, 15) is 4.79 Å². The van der Waals surface area contributed by atoms with E-state index in [4.69, 9.17) is 5.73 Å². The van der Waals surface area contributed by atoms with Gasteiger partial charge in [-0.2, -0.15) is 0 Å². The van der Waals surface area contributed by atoms with Crippen LogP contribution in [-0.4, -0.2) is 32.4 Å². The van der Waals surface area contributed by atoms with E-state index < -0.39 is 0 Å². The minimum Gasteiger partial charge on any atom is -0.333 e. The first-order valence-corrected chi connectivity index (χ1v) is 6.63. The van der Waals surface area contributed by atoms with Gasteiger partial charge in [0.2, 0.25) is 5.91 Å². The Hall–Kier alpha value is -1.36. The molecular formula is C13H22N4O. The van der Waals surface area contributed by atoms with Crippen molar-refractivity contribution in [3.63, 3.8) is 0 Å². The fourth-order valence-electron chi connectivity index (χ4n) is 2.75. The summed E-state index contributed by atoms with van der Waals surface area (Å²) in [6.45, 7) is 6.99. The van der Waals surface area contributed by atoms with Gasteiger partial charge in [0.1, 0.15) is 0 Å². The highest BCUT2D eigenvalue weighted by Crippen LogP contribution is 2.32. The van der Waals surface area contributed by atoms with Crippen molar-refractivity contribution in [1.82, 2.24) is 14.5 Å². The molecule has 1 aromatic heterocycles. The highest BCUT2D eigenvalue weighted by Gasteiger charge is 2.37. The minimum absolute atomic E-state index is 0.00731. The number of imidazole rings is 1. The molecule has 0 radical (unpaired) electrons. The third kappa shape index (κ3) is 2.14. The summed E-state index contributed by atoms with van der Waals surface area (Å²) in [6.07, 6.45) is 4.94. The van der Waals surface area contributed by atoms with E-state index >= 15 is 0 Å². The molecule has 2 unspecified atom stereocenters. The number of aryl methyl sites for hydroxylation is 1. The van der Waals surface area contributed by atoms with E-state index in [1.165, 1.54) is 0 Å². The molecule has 1 aromatic rings. The molecule has 2 heterocycles. The summed E-state index contributed by atoms with van der Waals surface area (Å²) < 4.78 is 2.07. The molecule has 0 saturated carbocycles. The van der Waals surface area contributed by atoms with E-state index in [-0.39, 0.29) is 24.0 Å². The van der Waals surface area contributed by atoms with Crippen molar-refractivity contribution in [1.29, 1.82) is 0 Å². The molecule has 0 aliphatic carbocycles. The number of likely N-dealkylation sites (tertiary alicyclic amines) is 1. The molecule has 0 aromatic carbocycles. The van der Waals surface area contributed by atoms with Gasteiger partial charge in [0.15, 0.2) is 0 Å². The smallest absolute Gasteiger partial charge is 0.223 e. The van der Waals surface area contributed by atoms with Crippen LogP contribution in [0.25, 0.3) is 0 Å². The van der Waals surface area contributed by atoms with Gasteiger partial charge in [-0.05, 0) is 27.2 Å². The van der Waals surface area contributed by atoms with Crippen LogP contribution in [0.3, 0.4) is 0 Å². The SMILES string of the molecule is CCn1cncc1C1C(N)CCC(=O)N1C(C)C. The standard InChI is InChI=1S/C13H22N4O/c1-4-16-8-15-7-11(16)13-10(14)5-6-12(18)17(13)9(2)3/h7-10,13H,4-6,14H2,1-3H3. The lowest BCUT2D eigenvalue weighted by Gasteiger charge is -2.42. The molecule has 0 bridgehead atoms. The van der Waals surface area contributed by atoms with Gasteiger partial charge in [-0.25, -0.2) is 4.98 Å².